The highest BCUT2D eigenvalue weighted by molar-refractivity contribution is 6.04. The van der Waals surface area contributed by atoms with Gasteiger partial charge in [0.2, 0.25) is 0 Å². The molecule has 0 bridgehead atoms. The number of methoxy groups -OCH3 is 2. The van der Waals surface area contributed by atoms with Gasteiger partial charge in [-0.05, 0) is 48.5 Å². The van der Waals surface area contributed by atoms with Crippen molar-refractivity contribution in [1.29, 1.82) is 0 Å². The predicted molar refractivity (Wildman–Crippen MR) is 98.3 cm³/mol. The average Bonchev–Trinajstić information content (AvgIpc) is 2.69. The number of anilines is 1. The normalized spacial score (nSPS) is 10.1. The molecule has 0 fully saturated rings. The van der Waals surface area contributed by atoms with Gasteiger partial charge >= 0.3 is 0 Å². The molecule has 6 nitrogen and oxygen atoms in total. The molecule has 3 rings (SSSR count). The van der Waals surface area contributed by atoms with Crippen LogP contribution in [-0.2, 0) is 0 Å². The molecule has 132 valence electrons. The van der Waals surface area contributed by atoms with Crippen LogP contribution in [0, 0.1) is 0 Å². The maximum absolute atomic E-state index is 12.3. The topological polar surface area (TPSA) is 69.7 Å². The van der Waals surface area contributed by atoms with E-state index in [1.807, 2.05) is 0 Å². The minimum Gasteiger partial charge on any atom is -0.497 e. The van der Waals surface area contributed by atoms with Gasteiger partial charge in [-0.25, -0.2) is 0 Å². The molecule has 1 aromatic heterocycles. The van der Waals surface area contributed by atoms with Crippen LogP contribution in [0.1, 0.15) is 10.4 Å². The van der Waals surface area contributed by atoms with E-state index >= 15 is 0 Å². The fraction of sp³-hybridized carbons (Fsp3) is 0.100. The van der Waals surface area contributed by atoms with Crippen molar-refractivity contribution in [3.8, 4) is 23.0 Å². The van der Waals surface area contributed by atoms with Gasteiger partial charge in [0.15, 0.2) is 11.5 Å². The minimum atomic E-state index is -0.251. The SMILES string of the molecule is COc1ccc(Oc2cc(NC(=O)c3cccnc3)ccc2OC)cc1. The van der Waals surface area contributed by atoms with E-state index in [-0.39, 0.29) is 5.91 Å². The van der Waals surface area contributed by atoms with Gasteiger partial charge in [0.25, 0.3) is 5.91 Å². The standard InChI is InChI=1S/C20H18N2O4/c1-24-16-6-8-17(9-7-16)26-19-12-15(5-10-18(19)25-2)22-20(23)14-4-3-11-21-13-14/h3-13H,1-2H3,(H,22,23). The number of hydrogen-bond donors (Lipinski definition) is 1. The molecule has 1 heterocycles. The van der Waals surface area contributed by atoms with Crippen molar-refractivity contribution < 1.29 is 19.0 Å². The van der Waals surface area contributed by atoms with Crippen molar-refractivity contribution in [2.45, 2.75) is 0 Å². The maximum atomic E-state index is 12.3. The highest BCUT2D eigenvalue weighted by Crippen LogP contribution is 2.34. The minimum absolute atomic E-state index is 0.251. The lowest BCUT2D eigenvalue weighted by Gasteiger charge is -2.13. The van der Waals surface area contributed by atoms with Crippen LogP contribution in [0.25, 0.3) is 0 Å². The first-order valence-corrected chi connectivity index (χ1v) is 7.91. The molecule has 6 heteroatoms. The number of hydrogen-bond acceptors (Lipinski definition) is 5. The van der Waals surface area contributed by atoms with Crippen molar-refractivity contribution in [3.63, 3.8) is 0 Å². The summed E-state index contributed by atoms with van der Waals surface area (Å²) in [5.74, 6) is 2.15. The lowest BCUT2D eigenvalue weighted by Crippen LogP contribution is -2.12. The summed E-state index contributed by atoms with van der Waals surface area (Å²) in [5.41, 5.74) is 1.06. The zero-order valence-electron chi connectivity index (χ0n) is 14.4. The molecule has 0 saturated heterocycles. The Morgan fingerprint density at radius 2 is 1.69 bits per heavy atom. The van der Waals surface area contributed by atoms with Crippen molar-refractivity contribution in [2.75, 3.05) is 19.5 Å². The lowest BCUT2D eigenvalue weighted by atomic mass is 10.2. The van der Waals surface area contributed by atoms with Crippen LogP contribution in [0.4, 0.5) is 5.69 Å². The van der Waals surface area contributed by atoms with E-state index in [2.05, 4.69) is 10.3 Å². The van der Waals surface area contributed by atoms with E-state index < -0.39 is 0 Å². The fourth-order valence-corrected chi connectivity index (χ4v) is 2.31. The Hall–Kier alpha value is -3.54. The second-order valence-corrected chi connectivity index (χ2v) is 5.34. The molecule has 0 saturated carbocycles. The van der Waals surface area contributed by atoms with Crippen LogP contribution >= 0.6 is 0 Å². The molecule has 1 amide bonds. The van der Waals surface area contributed by atoms with Crippen LogP contribution in [0.5, 0.6) is 23.0 Å². The summed E-state index contributed by atoms with van der Waals surface area (Å²) in [6.45, 7) is 0. The Balaban J connectivity index is 1.80. The highest BCUT2D eigenvalue weighted by atomic mass is 16.5. The molecular formula is C20H18N2O4. The van der Waals surface area contributed by atoms with E-state index in [4.69, 9.17) is 14.2 Å². The monoisotopic (exact) mass is 350 g/mol. The van der Waals surface area contributed by atoms with Crippen LogP contribution in [0.2, 0.25) is 0 Å². The van der Waals surface area contributed by atoms with E-state index in [0.29, 0.717) is 28.5 Å². The number of rotatable bonds is 6. The predicted octanol–water partition coefficient (Wildman–Crippen LogP) is 4.14. The van der Waals surface area contributed by atoms with Gasteiger partial charge in [0.1, 0.15) is 11.5 Å². The first-order chi connectivity index (χ1) is 12.7. The van der Waals surface area contributed by atoms with E-state index in [9.17, 15) is 4.79 Å². The highest BCUT2D eigenvalue weighted by Gasteiger charge is 2.11. The van der Waals surface area contributed by atoms with Gasteiger partial charge in [0.05, 0.1) is 19.8 Å². The third-order valence-corrected chi connectivity index (χ3v) is 3.63. The Morgan fingerprint density at radius 1 is 0.923 bits per heavy atom. The van der Waals surface area contributed by atoms with E-state index in [1.165, 1.54) is 6.20 Å². The zero-order chi connectivity index (χ0) is 18.4. The molecule has 0 radical (unpaired) electrons. The zero-order valence-corrected chi connectivity index (χ0v) is 14.4. The summed E-state index contributed by atoms with van der Waals surface area (Å²) in [4.78, 5) is 16.2. The van der Waals surface area contributed by atoms with E-state index in [0.717, 1.165) is 5.75 Å². The van der Waals surface area contributed by atoms with Gasteiger partial charge in [0, 0.05) is 24.1 Å². The van der Waals surface area contributed by atoms with Crippen LogP contribution < -0.4 is 19.5 Å². The van der Waals surface area contributed by atoms with Gasteiger partial charge in [-0.1, -0.05) is 0 Å². The molecular weight excluding hydrogens is 332 g/mol. The molecule has 0 aliphatic heterocycles. The first kappa shape index (κ1) is 17.3. The largest absolute Gasteiger partial charge is 0.497 e. The number of benzene rings is 2. The Kier molecular flexibility index (Phi) is 5.34. The third kappa shape index (κ3) is 4.10. The number of aromatic nitrogens is 1. The summed E-state index contributed by atoms with van der Waals surface area (Å²) in [5, 5.41) is 2.82. The van der Waals surface area contributed by atoms with Gasteiger partial charge in [-0.3, -0.25) is 9.78 Å². The van der Waals surface area contributed by atoms with Crippen LogP contribution in [0.3, 0.4) is 0 Å². The number of carbonyl (C=O) groups excluding carboxylic acids is 1. The molecule has 2 aromatic carbocycles. The number of carbonyl (C=O) groups is 1. The molecule has 0 unspecified atom stereocenters. The molecule has 0 atom stereocenters. The second-order valence-electron chi connectivity index (χ2n) is 5.34. The Bertz CT molecular complexity index is 880. The molecule has 3 aromatic rings. The van der Waals surface area contributed by atoms with Gasteiger partial charge in [-0.15, -0.1) is 0 Å². The smallest absolute Gasteiger partial charge is 0.257 e. The third-order valence-electron chi connectivity index (χ3n) is 3.63. The lowest BCUT2D eigenvalue weighted by molar-refractivity contribution is 0.102. The summed E-state index contributed by atoms with van der Waals surface area (Å²) in [6, 6.07) is 15.8. The molecule has 0 spiro atoms. The Labute approximate surface area is 151 Å². The maximum Gasteiger partial charge on any atom is 0.257 e. The molecule has 26 heavy (non-hydrogen) atoms. The van der Waals surface area contributed by atoms with Crippen LogP contribution in [-0.4, -0.2) is 25.1 Å². The number of nitrogens with zero attached hydrogens (tertiary/aromatic N) is 1. The van der Waals surface area contributed by atoms with Crippen LogP contribution in [0.15, 0.2) is 67.0 Å². The van der Waals surface area contributed by atoms with Crippen molar-refractivity contribution in [2.24, 2.45) is 0 Å². The second kappa shape index (κ2) is 8.02. The number of amides is 1. The molecule has 0 aliphatic carbocycles. The molecule has 1 N–H and O–H groups in total. The Morgan fingerprint density at radius 3 is 2.35 bits per heavy atom. The van der Waals surface area contributed by atoms with Crippen molar-refractivity contribution >= 4 is 11.6 Å². The van der Waals surface area contributed by atoms with E-state index in [1.54, 1.807) is 75.0 Å². The van der Waals surface area contributed by atoms with Gasteiger partial charge in [-0.2, -0.15) is 0 Å². The number of nitrogens with one attached hydrogen (secondary N) is 1. The summed E-state index contributed by atoms with van der Waals surface area (Å²) in [6.07, 6.45) is 3.12. The fourth-order valence-electron chi connectivity index (χ4n) is 2.31. The first-order valence-electron chi connectivity index (χ1n) is 7.91. The summed E-state index contributed by atoms with van der Waals surface area (Å²) < 4.78 is 16.4. The van der Waals surface area contributed by atoms with Crippen molar-refractivity contribution in [1.82, 2.24) is 4.98 Å². The summed E-state index contributed by atoms with van der Waals surface area (Å²) in [7, 11) is 3.16. The van der Waals surface area contributed by atoms with Gasteiger partial charge < -0.3 is 19.5 Å². The quantitative estimate of drug-likeness (QED) is 0.723. The number of pyridine rings is 1. The number of ether oxygens (including phenoxy) is 3. The summed E-state index contributed by atoms with van der Waals surface area (Å²) >= 11 is 0. The molecule has 0 aliphatic rings. The van der Waals surface area contributed by atoms with Crippen molar-refractivity contribution in [3.05, 3.63) is 72.6 Å². The average molecular weight is 350 g/mol.